The second-order valence-corrected chi connectivity index (χ2v) is 10.9. The minimum absolute atomic E-state index is 0.00850. The van der Waals surface area contributed by atoms with Crippen LogP contribution in [0.15, 0.2) is 84.0 Å². The number of non-ortho nitro benzene ring substituents is 1. The van der Waals surface area contributed by atoms with Gasteiger partial charge in [0.05, 0.1) is 11.0 Å². The quantitative estimate of drug-likeness (QED) is 0.142. The van der Waals surface area contributed by atoms with E-state index in [0.29, 0.717) is 28.8 Å². The first-order valence-electron chi connectivity index (χ1n) is 13.2. The van der Waals surface area contributed by atoms with Crippen LogP contribution in [0.25, 0.3) is 5.69 Å². The number of amides is 1. The third kappa shape index (κ3) is 6.54. The van der Waals surface area contributed by atoms with Crippen LogP contribution < -0.4 is 5.32 Å². The average Bonchev–Trinajstić information content (AvgIpc) is 3.63. The highest BCUT2D eigenvalue weighted by Gasteiger charge is 2.29. The van der Waals surface area contributed by atoms with E-state index >= 15 is 0 Å². The predicted molar refractivity (Wildman–Crippen MR) is 152 cm³/mol. The summed E-state index contributed by atoms with van der Waals surface area (Å²) < 4.78 is 1.92. The second-order valence-electron chi connectivity index (χ2n) is 9.96. The summed E-state index contributed by atoms with van der Waals surface area (Å²) in [6.07, 6.45) is 4.49. The number of nitro groups is 1. The number of hydrogen-bond acceptors (Lipinski definition) is 6. The van der Waals surface area contributed by atoms with Crippen LogP contribution in [0, 0.1) is 23.0 Å². The molecule has 5 rings (SSSR count). The first-order chi connectivity index (χ1) is 19.0. The van der Waals surface area contributed by atoms with Gasteiger partial charge in [0, 0.05) is 29.5 Å². The number of benzene rings is 3. The Balaban J connectivity index is 1.53. The minimum Gasteiger partial charge on any atom is -0.345 e. The largest absolute Gasteiger partial charge is 0.345 e. The fourth-order valence-electron chi connectivity index (χ4n) is 5.05. The molecule has 1 atom stereocenters. The summed E-state index contributed by atoms with van der Waals surface area (Å²) in [5.41, 5.74) is 4.14. The molecule has 0 aliphatic heterocycles. The molecule has 8 nitrogen and oxygen atoms in total. The molecule has 200 valence electrons. The Kier molecular flexibility index (Phi) is 8.36. The van der Waals surface area contributed by atoms with Gasteiger partial charge in [0.15, 0.2) is 11.0 Å². The smallest absolute Gasteiger partial charge is 0.269 e. The van der Waals surface area contributed by atoms with Gasteiger partial charge < -0.3 is 5.32 Å². The van der Waals surface area contributed by atoms with Crippen molar-refractivity contribution in [3.8, 4) is 5.69 Å². The van der Waals surface area contributed by atoms with Gasteiger partial charge in [0.1, 0.15) is 0 Å². The first-order valence-corrected chi connectivity index (χ1v) is 14.2. The van der Waals surface area contributed by atoms with Gasteiger partial charge in [0.25, 0.3) is 5.69 Å². The molecule has 1 saturated carbocycles. The minimum atomic E-state index is -0.420. The number of nitrogens with zero attached hydrogens (tertiary/aromatic N) is 4. The fourth-order valence-corrected chi connectivity index (χ4v) is 5.95. The number of rotatable bonds is 10. The average molecular weight is 542 g/mol. The number of aromatic nitrogens is 3. The molecule has 1 aromatic heterocycles. The van der Waals surface area contributed by atoms with Gasteiger partial charge in [-0.05, 0) is 49.4 Å². The highest BCUT2D eigenvalue weighted by Crippen LogP contribution is 2.31. The van der Waals surface area contributed by atoms with Crippen LogP contribution in [0.4, 0.5) is 5.69 Å². The molecule has 3 aromatic carbocycles. The molecule has 1 heterocycles. The lowest BCUT2D eigenvalue weighted by Gasteiger charge is -2.22. The van der Waals surface area contributed by atoms with E-state index < -0.39 is 11.0 Å². The molecule has 0 spiro atoms. The van der Waals surface area contributed by atoms with E-state index in [1.54, 1.807) is 23.9 Å². The van der Waals surface area contributed by atoms with Crippen molar-refractivity contribution in [3.05, 3.63) is 111 Å². The maximum absolute atomic E-state index is 13.3. The van der Waals surface area contributed by atoms with Gasteiger partial charge in [-0.15, -0.1) is 10.2 Å². The number of hydrogen-bond donors (Lipinski definition) is 1. The van der Waals surface area contributed by atoms with Crippen molar-refractivity contribution >= 4 is 23.4 Å². The van der Waals surface area contributed by atoms with Crippen molar-refractivity contribution in [3.63, 3.8) is 0 Å². The summed E-state index contributed by atoms with van der Waals surface area (Å²) in [7, 11) is 0. The number of aryl methyl sites for hydroxylation is 1. The Morgan fingerprint density at radius 1 is 1.03 bits per heavy atom. The van der Waals surface area contributed by atoms with Crippen molar-refractivity contribution < 1.29 is 9.72 Å². The van der Waals surface area contributed by atoms with E-state index in [2.05, 4.69) is 40.6 Å². The number of carbonyl (C=O) groups excluding carboxylic acids is 1. The molecule has 0 saturated heterocycles. The van der Waals surface area contributed by atoms with Gasteiger partial charge in [-0.3, -0.25) is 19.5 Å². The van der Waals surface area contributed by atoms with E-state index in [1.807, 2.05) is 41.0 Å². The van der Waals surface area contributed by atoms with Crippen molar-refractivity contribution in [1.29, 1.82) is 0 Å². The van der Waals surface area contributed by atoms with Crippen molar-refractivity contribution in [1.82, 2.24) is 20.1 Å². The summed E-state index contributed by atoms with van der Waals surface area (Å²) in [5.74, 6) is 1.34. The zero-order chi connectivity index (χ0) is 27.2. The first kappa shape index (κ1) is 26.6. The highest BCUT2D eigenvalue weighted by atomic mass is 32.2. The second kappa shape index (κ2) is 12.3. The zero-order valence-electron chi connectivity index (χ0n) is 21.8. The van der Waals surface area contributed by atoms with Crippen LogP contribution in [0.5, 0.6) is 0 Å². The molecule has 1 fully saturated rings. The molecule has 0 radical (unpaired) electrons. The normalized spacial score (nSPS) is 14.3. The highest BCUT2D eigenvalue weighted by molar-refractivity contribution is 7.98. The molecule has 1 amide bonds. The van der Waals surface area contributed by atoms with Crippen molar-refractivity contribution in [2.45, 2.75) is 56.0 Å². The Hall–Kier alpha value is -3.98. The maximum Gasteiger partial charge on any atom is 0.269 e. The van der Waals surface area contributed by atoms with Crippen LogP contribution in [0.3, 0.4) is 0 Å². The summed E-state index contributed by atoms with van der Waals surface area (Å²) in [6.45, 7) is 2.06. The number of nitro benzene ring substituents is 1. The third-order valence-corrected chi connectivity index (χ3v) is 8.06. The molecule has 0 bridgehead atoms. The molecule has 9 heteroatoms. The Morgan fingerprint density at radius 3 is 2.44 bits per heavy atom. The number of carbonyl (C=O) groups is 1. The molecular formula is C30H31N5O3S. The SMILES string of the molecule is Cc1cccc(CSc2nnc(C(Cc3ccccc3)NC(=O)C3CCCC3)n2-c2ccc([N+](=O)[O-])cc2)c1. The molecule has 4 aromatic rings. The van der Waals surface area contributed by atoms with E-state index in [9.17, 15) is 14.9 Å². The standard InChI is InChI=1S/C30H31N5O3S/c1-21-8-7-11-23(18-21)20-39-30-33-32-28(34(30)25-14-16-26(17-15-25)35(37)38)27(19-22-9-3-2-4-10-22)31-29(36)24-12-5-6-13-24/h2-4,7-11,14-18,24,27H,5-6,12-13,19-20H2,1H3,(H,31,36). The fraction of sp³-hybridized carbons (Fsp3) is 0.300. The van der Waals surface area contributed by atoms with E-state index in [-0.39, 0.29) is 17.5 Å². The lowest BCUT2D eigenvalue weighted by atomic mass is 10.0. The van der Waals surface area contributed by atoms with Crippen LogP contribution in [-0.2, 0) is 17.0 Å². The van der Waals surface area contributed by atoms with Crippen molar-refractivity contribution in [2.75, 3.05) is 0 Å². The summed E-state index contributed by atoms with van der Waals surface area (Å²) >= 11 is 1.55. The molecule has 1 aliphatic rings. The van der Waals surface area contributed by atoms with Gasteiger partial charge in [-0.25, -0.2) is 0 Å². The lowest BCUT2D eigenvalue weighted by Crippen LogP contribution is -2.35. The van der Waals surface area contributed by atoms with Gasteiger partial charge in [-0.2, -0.15) is 0 Å². The summed E-state index contributed by atoms with van der Waals surface area (Å²) in [4.78, 5) is 24.2. The molecule has 1 aliphatic carbocycles. The predicted octanol–water partition coefficient (Wildman–Crippen LogP) is 6.37. The lowest BCUT2D eigenvalue weighted by molar-refractivity contribution is -0.384. The monoisotopic (exact) mass is 541 g/mol. The Bertz CT molecular complexity index is 1430. The van der Waals surface area contributed by atoms with Crippen molar-refractivity contribution in [2.24, 2.45) is 5.92 Å². The van der Waals surface area contributed by atoms with Crippen LogP contribution in [-0.4, -0.2) is 25.6 Å². The van der Waals surface area contributed by atoms with E-state index in [4.69, 9.17) is 0 Å². The molecule has 39 heavy (non-hydrogen) atoms. The molecule has 1 N–H and O–H groups in total. The van der Waals surface area contributed by atoms with E-state index in [0.717, 1.165) is 36.8 Å². The van der Waals surface area contributed by atoms with E-state index in [1.165, 1.54) is 17.7 Å². The van der Waals surface area contributed by atoms with Crippen LogP contribution >= 0.6 is 11.8 Å². The molecule has 1 unspecified atom stereocenters. The van der Waals surface area contributed by atoms with Crippen LogP contribution in [0.1, 0.15) is 54.2 Å². The summed E-state index contributed by atoms with van der Waals surface area (Å²) in [5, 5.41) is 24.4. The Labute approximate surface area is 232 Å². The topological polar surface area (TPSA) is 103 Å². The third-order valence-electron chi connectivity index (χ3n) is 7.06. The number of nitrogens with one attached hydrogen (secondary N) is 1. The van der Waals surface area contributed by atoms with Gasteiger partial charge in [0.2, 0.25) is 5.91 Å². The Morgan fingerprint density at radius 2 is 1.74 bits per heavy atom. The van der Waals surface area contributed by atoms with Gasteiger partial charge in [-0.1, -0.05) is 84.8 Å². The van der Waals surface area contributed by atoms with Crippen LogP contribution in [0.2, 0.25) is 0 Å². The number of thioether (sulfide) groups is 1. The molecular weight excluding hydrogens is 510 g/mol. The van der Waals surface area contributed by atoms with Gasteiger partial charge >= 0.3 is 0 Å². The summed E-state index contributed by atoms with van der Waals surface area (Å²) in [6, 6.07) is 24.3. The zero-order valence-corrected chi connectivity index (χ0v) is 22.6. The maximum atomic E-state index is 13.3.